The van der Waals surface area contributed by atoms with Crippen molar-refractivity contribution in [2.24, 2.45) is 5.92 Å². The quantitative estimate of drug-likeness (QED) is 0.682. The summed E-state index contributed by atoms with van der Waals surface area (Å²) in [5.41, 5.74) is 2.07. The van der Waals surface area contributed by atoms with Gasteiger partial charge in [-0.1, -0.05) is 17.7 Å². The second-order valence-corrected chi connectivity index (χ2v) is 5.93. The van der Waals surface area contributed by atoms with Crippen molar-refractivity contribution in [2.75, 3.05) is 10.6 Å². The zero-order chi connectivity index (χ0) is 16.4. The van der Waals surface area contributed by atoms with E-state index in [1.54, 1.807) is 13.0 Å². The third-order valence-corrected chi connectivity index (χ3v) is 4.61. The molecule has 0 radical (unpaired) electrons. The average Bonchev–Trinajstić information content (AvgIpc) is 3.00. The highest BCUT2D eigenvalue weighted by Gasteiger charge is 2.61. The Morgan fingerprint density at radius 3 is 2.78 bits per heavy atom. The first-order chi connectivity index (χ1) is 11.0. The minimum atomic E-state index is -1.37. The van der Waals surface area contributed by atoms with E-state index in [1.807, 2.05) is 25.1 Å². The Morgan fingerprint density at radius 2 is 2.04 bits per heavy atom. The lowest BCUT2D eigenvalue weighted by Gasteiger charge is -2.35. The summed E-state index contributed by atoms with van der Waals surface area (Å²) in [4.78, 5) is 25.4. The van der Waals surface area contributed by atoms with Gasteiger partial charge in [0.15, 0.2) is 5.82 Å². The van der Waals surface area contributed by atoms with Crippen LogP contribution in [0.15, 0.2) is 18.2 Å². The Morgan fingerprint density at radius 1 is 1.26 bits per heavy atom. The van der Waals surface area contributed by atoms with Crippen molar-refractivity contribution >= 4 is 23.3 Å². The second kappa shape index (κ2) is 4.20. The normalized spacial score (nSPS) is 24.7. The zero-order valence-electron chi connectivity index (χ0n) is 12.5. The number of carbonyl (C=O) groups is 2. The molecule has 1 spiro atoms. The summed E-state index contributed by atoms with van der Waals surface area (Å²) in [6.07, 6.45) is 0. The maximum atomic E-state index is 13.0. The zero-order valence-corrected chi connectivity index (χ0v) is 12.5. The largest absolute Gasteiger partial charge is 0.325 e. The Hall–Kier alpha value is -3.14. The first-order valence-electron chi connectivity index (χ1n) is 7.18. The fourth-order valence-corrected chi connectivity index (χ4v) is 3.66. The summed E-state index contributed by atoms with van der Waals surface area (Å²) in [5.74, 6) is -1.74. The molecule has 0 aliphatic carbocycles. The van der Waals surface area contributed by atoms with Crippen LogP contribution in [0.4, 0.5) is 11.5 Å². The van der Waals surface area contributed by atoms with Gasteiger partial charge in [0.05, 0.1) is 6.07 Å². The Labute approximate surface area is 131 Å². The topological polar surface area (TPSA) is 111 Å². The van der Waals surface area contributed by atoms with E-state index in [1.165, 1.54) is 0 Å². The molecule has 2 amide bonds. The number of carbonyl (C=O) groups excluding carboxylic acids is 2. The molecule has 4 rings (SSSR count). The smallest absolute Gasteiger partial charge is 0.244 e. The molecule has 7 heteroatoms. The van der Waals surface area contributed by atoms with Crippen LogP contribution >= 0.6 is 0 Å². The van der Waals surface area contributed by atoms with Crippen molar-refractivity contribution in [1.29, 1.82) is 5.26 Å². The summed E-state index contributed by atoms with van der Waals surface area (Å²) >= 11 is 0. The molecule has 0 saturated carbocycles. The van der Waals surface area contributed by atoms with E-state index in [0.717, 1.165) is 5.56 Å². The predicted molar refractivity (Wildman–Crippen MR) is 81.6 cm³/mol. The van der Waals surface area contributed by atoms with Gasteiger partial charge in [-0.25, -0.2) is 0 Å². The van der Waals surface area contributed by atoms with Crippen LogP contribution in [0.2, 0.25) is 0 Å². The number of anilines is 2. The number of aromatic amines is 1. The molecule has 0 unspecified atom stereocenters. The molecule has 3 N–H and O–H groups in total. The van der Waals surface area contributed by atoms with Crippen LogP contribution in [0.1, 0.15) is 22.4 Å². The summed E-state index contributed by atoms with van der Waals surface area (Å²) in [7, 11) is 0. The van der Waals surface area contributed by atoms with Crippen LogP contribution in [0.25, 0.3) is 0 Å². The van der Waals surface area contributed by atoms with Crippen LogP contribution in [-0.4, -0.2) is 22.0 Å². The van der Waals surface area contributed by atoms with Gasteiger partial charge in [0, 0.05) is 16.9 Å². The number of hydrogen-bond acceptors (Lipinski definition) is 4. The van der Waals surface area contributed by atoms with E-state index in [4.69, 9.17) is 0 Å². The van der Waals surface area contributed by atoms with Gasteiger partial charge >= 0.3 is 0 Å². The fraction of sp³-hybridized carbons (Fsp3) is 0.250. The molecule has 23 heavy (non-hydrogen) atoms. The third-order valence-electron chi connectivity index (χ3n) is 4.61. The summed E-state index contributed by atoms with van der Waals surface area (Å²) in [6.45, 7) is 3.69. The molecule has 3 heterocycles. The molecule has 2 aromatic rings. The van der Waals surface area contributed by atoms with Gasteiger partial charge in [0.25, 0.3) is 0 Å². The highest BCUT2D eigenvalue weighted by atomic mass is 16.2. The van der Waals surface area contributed by atoms with Gasteiger partial charge < -0.3 is 10.6 Å². The maximum absolute atomic E-state index is 13.0. The van der Waals surface area contributed by atoms with Gasteiger partial charge in [-0.2, -0.15) is 10.4 Å². The number of nitrogens with zero attached hydrogens (tertiary/aromatic N) is 2. The minimum absolute atomic E-state index is 0.309. The molecule has 114 valence electrons. The van der Waals surface area contributed by atoms with Crippen LogP contribution in [-0.2, 0) is 15.0 Å². The molecular weight excluding hydrogens is 294 g/mol. The van der Waals surface area contributed by atoms with Gasteiger partial charge in [-0.15, -0.1) is 0 Å². The second-order valence-electron chi connectivity index (χ2n) is 5.93. The highest BCUT2D eigenvalue weighted by molar-refractivity contribution is 6.16. The minimum Gasteiger partial charge on any atom is -0.325 e. The van der Waals surface area contributed by atoms with Gasteiger partial charge in [-0.3, -0.25) is 14.7 Å². The van der Waals surface area contributed by atoms with E-state index in [9.17, 15) is 14.9 Å². The van der Waals surface area contributed by atoms with Crippen molar-refractivity contribution in [3.05, 3.63) is 40.6 Å². The molecule has 2 atom stereocenters. The van der Waals surface area contributed by atoms with Crippen LogP contribution in [0.5, 0.6) is 0 Å². The molecular formula is C16H13N5O2. The molecule has 1 aromatic heterocycles. The molecule has 2 aliphatic heterocycles. The Balaban J connectivity index is 2.15. The van der Waals surface area contributed by atoms with E-state index in [2.05, 4.69) is 20.8 Å². The predicted octanol–water partition coefficient (Wildman–Crippen LogP) is 1.36. The summed E-state index contributed by atoms with van der Waals surface area (Å²) < 4.78 is 0. The van der Waals surface area contributed by atoms with E-state index in [0.29, 0.717) is 28.3 Å². The van der Waals surface area contributed by atoms with E-state index >= 15 is 0 Å². The number of hydrogen-bond donors (Lipinski definition) is 3. The summed E-state index contributed by atoms with van der Waals surface area (Å²) in [5, 5.41) is 21.9. The Kier molecular flexibility index (Phi) is 2.47. The van der Waals surface area contributed by atoms with E-state index in [-0.39, 0.29) is 5.91 Å². The number of H-pyrrole nitrogens is 1. The van der Waals surface area contributed by atoms with Crippen molar-refractivity contribution < 1.29 is 9.59 Å². The molecule has 0 saturated heterocycles. The third kappa shape index (κ3) is 1.45. The lowest BCUT2D eigenvalue weighted by molar-refractivity contribution is -0.127. The number of nitriles is 1. The van der Waals surface area contributed by atoms with Crippen LogP contribution in [0, 0.1) is 31.1 Å². The van der Waals surface area contributed by atoms with Crippen molar-refractivity contribution in [2.45, 2.75) is 19.3 Å². The van der Waals surface area contributed by atoms with Crippen molar-refractivity contribution in [3.63, 3.8) is 0 Å². The number of fused-ring (bicyclic) bond motifs is 4. The number of nitrogens with one attached hydrogen (secondary N) is 3. The first-order valence-corrected chi connectivity index (χ1v) is 7.18. The van der Waals surface area contributed by atoms with Gasteiger partial charge in [-0.05, 0) is 25.5 Å². The molecule has 1 aromatic carbocycles. The van der Waals surface area contributed by atoms with Gasteiger partial charge in [0.1, 0.15) is 11.3 Å². The van der Waals surface area contributed by atoms with Crippen molar-refractivity contribution in [1.82, 2.24) is 10.2 Å². The molecule has 2 aliphatic rings. The first kappa shape index (κ1) is 13.5. The number of rotatable bonds is 0. The number of benzene rings is 1. The number of amides is 2. The monoisotopic (exact) mass is 307 g/mol. The summed E-state index contributed by atoms with van der Waals surface area (Å²) in [6, 6.07) is 7.55. The van der Waals surface area contributed by atoms with Crippen molar-refractivity contribution in [3.8, 4) is 6.07 Å². The number of aromatic nitrogens is 2. The number of aryl methyl sites for hydroxylation is 2. The average molecular weight is 307 g/mol. The highest BCUT2D eigenvalue weighted by Crippen LogP contribution is 2.52. The lowest BCUT2D eigenvalue weighted by Crippen LogP contribution is -2.51. The lowest BCUT2D eigenvalue weighted by atomic mass is 9.64. The Bertz CT molecular complexity index is 923. The standard InChI is InChI=1S/C16H13N5O2/c1-7-3-4-11-9(5-7)16(15(23)18-11)10(6-17)14(22)19-13-12(16)8(2)20-21-13/h3-5,10H,1-2H3,(H,18,23)(H2,19,20,21,22)/t10-,16-/m1/s1. The van der Waals surface area contributed by atoms with Crippen LogP contribution < -0.4 is 10.6 Å². The molecule has 7 nitrogen and oxygen atoms in total. The fourth-order valence-electron chi connectivity index (χ4n) is 3.66. The van der Waals surface area contributed by atoms with Gasteiger partial charge in [0.2, 0.25) is 11.8 Å². The SMILES string of the molecule is Cc1ccc2c(c1)[C@]1(C(=O)N2)c2c(n[nH]c2C)NC(=O)[C@H]1C#N. The molecule has 0 bridgehead atoms. The van der Waals surface area contributed by atoms with Crippen LogP contribution in [0.3, 0.4) is 0 Å². The van der Waals surface area contributed by atoms with E-state index < -0.39 is 17.2 Å². The maximum Gasteiger partial charge on any atom is 0.244 e. The molecule has 0 fully saturated rings.